The van der Waals surface area contributed by atoms with Gasteiger partial charge in [0.25, 0.3) is 0 Å². The van der Waals surface area contributed by atoms with Gasteiger partial charge in [-0.2, -0.15) is 5.10 Å². The van der Waals surface area contributed by atoms with Gasteiger partial charge in [0.1, 0.15) is 0 Å². The number of aromatic nitrogens is 2. The van der Waals surface area contributed by atoms with E-state index in [0.717, 1.165) is 26.9 Å². The van der Waals surface area contributed by atoms with E-state index in [0.29, 0.717) is 6.42 Å². The number of hydrazone groups is 1. The molecule has 0 atom stereocenters. The van der Waals surface area contributed by atoms with Crippen molar-refractivity contribution in [2.24, 2.45) is 5.10 Å². The maximum atomic E-state index is 11.8. The predicted molar refractivity (Wildman–Crippen MR) is 86.3 cm³/mol. The number of imidazole rings is 1. The number of carbonyl (C=O) groups excluding carboxylic acids is 1. The molecular formula is C14H14N4OS2. The van der Waals surface area contributed by atoms with Gasteiger partial charge in [-0.05, 0) is 25.3 Å². The standard InChI is InChI=1S/C14H14N4OS2/c1-9-8-21-14-16-10(2)12(18(9)14)7-15-17-13(19)6-11-4-3-5-20-11/h3-5,7-8H,6H2,1-2H3,(H,17,19)/b15-7+. The molecule has 3 aromatic heterocycles. The molecule has 0 saturated carbocycles. The number of aryl methyl sites for hydroxylation is 2. The third-order valence-electron chi connectivity index (χ3n) is 3.04. The Kier molecular flexibility index (Phi) is 3.85. The third-order valence-corrected chi connectivity index (χ3v) is 4.86. The highest BCUT2D eigenvalue weighted by Gasteiger charge is 2.10. The van der Waals surface area contributed by atoms with Crippen LogP contribution in [0.5, 0.6) is 0 Å². The molecular weight excluding hydrogens is 304 g/mol. The van der Waals surface area contributed by atoms with Crippen molar-refractivity contribution in [2.45, 2.75) is 20.3 Å². The second-order valence-corrected chi connectivity index (χ2v) is 6.50. The Labute approximate surface area is 130 Å². The van der Waals surface area contributed by atoms with Crippen LogP contribution in [-0.2, 0) is 11.2 Å². The molecule has 0 unspecified atom stereocenters. The Balaban J connectivity index is 1.71. The van der Waals surface area contributed by atoms with Gasteiger partial charge in [-0.15, -0.1) is 22.7 Å². The Morgan fingerprint density at radius 2 is 2.33 bits per heavy atom. The number of carbonyl (C=O) groups is 1. The summed E-state index contributed by atoms with van der Waals surface area (Å²) in [6, 6.07) is 3.87. The molecule has 0 spiro atoms. The number of amides is 1. The zero-order valence-corrected chi connectivity index (χ0v) is 13.3. The van der Waals surface area contributed by atoms with Crippen LogP contribution in [0.2, 0.25) is 0 Å². The van der Waals surface area contributed by atoms with Crippen LogP contribution in [0.15, 0.2) is 28.0 Å². The summed E-state index contributed by atoms with van der Waals surface area (Å²) in [7, 11) is 0. The number of fused-ring (bicyclic) bond motifs is 1. The molecule has 0 bridgehead atoms. The summed E-state index contributed by atoms with van der Waals surface area (Å²) < 4.78 is 2.04. The number of thiophene rings is 1. The van der Waals surface area contributed by atoms with Crippen molar-refractivity contribution in [2.75, 3.05) is 0 Å². The van der Waals surface area contributed by atoms with Crippen LogP contribution >= 0.6 is 22.7 Å². The van der Waals surface area contributed by atoms with Crippen LogP contribution < -0.4 is 5.43 Å². The van der Waals surface area contributed by atoms with Crippen molar-refractivity contribution in [1.82, 2.24) is 14.8 Å². The maximum absolute atomic E-state index is 11.8. The Bertz CT molecular complexity index is 799. The molecule has 0 aliphatic carbocycles. The van der Waals surface area contributed by atoms with Gasteiger partial charge >= 0.3 is 0 Å². The zero-order valence-electron chi connectivity index (χ0n) is 11.7. The number of nitrogens with zero attached hydrogens (tertiary/aromatic N) is 3. The molecule has 0 aromatic carbocycles. The highest BCUT2D eigenvalue weighted by atomic mass is 32.1. The molecule has 7 heteroatoms. The number of thiazole rings is 1. The van der Waals surface area contributed by atoms with Crippen LogP contribution in [0, 0.1) is 13.8 Å². The molecule has 0 radical (unpaired) electrons. The second kappa shape index (κ2) is 5.79. The lowest BCUT2D eigenvalue weighted by Crippen LogP contribution is -2.19. The SMILES string of the molecule is Cc1nc2scc(C)n2c1/C=N/NC(=O)Cc1cccs1. The fraction of sp³-hybridized carbons (Fsp3) is 0.214. The summed E-state index contributed by atoms with van der Waals surface area (Å²) in [5, 5.41) is 8.06. The van der Waals surface area contributed by atoms with Crippen molar-refractivity contribution in [3.8, 4) is 0 Å². The van der Waals surface area contributed by atoms with Gasteiger partial charge in [-0.25, -0.2) is 10.4 Å². The minimum absolute atomic E-state index is 0.117. The molecule has 0 saturated heterocycles. The number of rotatable bonds is 4. The first-order chi connectivity index (χ1) is 10.1. The summed E-state index contributed by atoms with van der Waals surface area (Å²) in [5.74, 6) is -0.117. The predicted octanol–water partition coefficient (Wildman–Crippen LogP) is 2.77. The number of nitrogens with one attached hydrogen (secondary N) is 1. The van der Waals surface area contributed by atoms with E-state index in [1.807, 2.05) is 35.8 Å². The van der Waals surface area contributed by atoms with Crippen molar-refractivity contribution < 1.29 is 4.79 Å². The molecule has 3 aromatic rings. The lowest BCUT2D eigenvalue weighted by Gasteiger charge is -1.98. The smallest absolute Gasteiger partial charge is 0.245 e. The normalized spacial score (nSPS) is 11.5. The quantitative estimate of drug-likeness (QED) is 0.594. The minimum Gasteiger partial charge on any atom is -0.286 e. The van der Waals surface area contributed by atoms with Gasteiger partial charge in [-0.1, -0.05) is 6.07 Å². The summed E-state index contributed by atoms with van der Waals surface area (Å²) >= 11 is 3.16. The first kappa shape index (κ1) is 14.0. The van der Waals surface area contributed by atoms with E-state index in [1.165, 1.54) is 0 Å². The highest BCUT2D eigenvalue weighted by Crippen LogP contribution is 2.19. The van der Waals surface area contributed by atoms with Gasteiger partial charge in [-0.3, -0.25) is 9.20 Å². The third kappa shape index (κ3) is 2.88. The van der Waals surface area contributed by atoms with Gasteiger partial charge in [0, 0.05) is 16.0 Å². The Hall–Kier alpha value is -1.99. The summed E-state index contributed by atoms with van der Waals surface area (Å²) in [5.41, 5.74) is 5.48. The van der Waals surface area contributed by atoms with Crippen LogP contribution in [0.4, 0.5) is 0 Å². The number of hydrogen-bond donors (Lipinski definition) is 1. The van der Waals surface area contributed by atoms with E-state index < -0.39 is 0 Å². The van der Waals surface area contributed by atoms with Gasteiger partial charge in [0.05, 0.1) is 24.0 Å². The van der Waals surface area contributed by atoms with E-state index in [-0.39, 0.29) is 5.91 Å². The molecule has 5 nitrogen and oxygen atoms in total. The van der Waals surface area contributed by atoms with E-state index in [1.54, 1.807) is 28.9 Å². The fourth-order valence-corrected chi connectivity index (χ4v) is 3.68. The Morgan fingerprint density at radius 3 is 3.10 bits per heavy atom. The second-order valence-electron chi connectivity index (χ2n) is 4.63. The largest absolute Gasteiger partial charge is 0.286 e. The minimum atomic E-state index is -0.117. The van der Waals surface area contributed by atoms with Crippen LogP contribution in [0.25, 0.3) is 4.96 Å². The average molecular weight is 318 g/mol. The Morgan fingerprint density at radius 1 is 1.48 bits per heavy atom. The summed E-state index contributed by atoms with van der Waals surface area (Å²) in [6.07, 6.45) is 2.01. The molecule has 21 heavy (non-hydrogen) atoms. The number of hydrogen-bond acceptors (Lipinski definition) is 5. The molecule has 1 amide bonds. The molecule has 108 valence electrons. The van der Waals surface area contributed by atoms with Gasteiger partial charge in [0.15, 0.2) is 4.96 Å². The van der Waals surface area contributed by atoms with Crippen molar-refractivity contribution in [1.29, 1.82) is 0 Å². The lowest BCUT2D eigenvalue weighted by atomic mass is 10.3. The van der Waals surface area contributed by atoms with Crippen molar-refractivity contribution >= 4 is 39.8 Å². The van der Waals surface area contributed by atoms with Crippen molar-refractivity contribution in [3.63, 3.8) is 0 Å². The maximum Gasteiger partial charge on any atom is 0.245 e. The monoisotopic (exact) mass is 318 g/mol. The van der Waals surface area contributed by atoms with Gasteiger partial charge < -0.3 is 0 Å². The van der Waals surface area contributed by atoms with E-state index >= 15 is 0 Å². The molecule has 0 aliphatic rings. The molecule has 0 fully saturated rings. The summed E-state index contributed by atoms with van der Waals surface area (Å²) in [4.78, 5) is 18.2. The molecule has 1 N–H and O–H groups in total. The van der Waals surface area contributed by atoms with E-state index in [2.05, 4.69) is 20.9 Å². The van der Waals surface area contributed by atoms with E-state index in [9.17, 15) is 4.79 Å². The molecule has 3 rings (SSSR count). The average Bonchev–Trinajstić information content (AvgIpc) is 3.12. The molecule has 0 aliphatic heterocycles. The van der Waals surface area contributed by atoms with E-state index in [4.69, 9.17) is 0 Å². The first-order valence-electron chi connectivity index (χ1n) is 6.42. The molecule has 3 heterocycles. The summed E-state index contributed by atoms with van der Waals surface area (Å²) in [6.45, 7) is 3.96. The zero-order chi connectivity index (χ0) is 14.8. The van der Waals surface area contributed by atoms with Crippen LogP contribution in [0.3, 0.4) is 0 Å². The van der Waals surface area contributed by atoms with Crippen LogP contribution in [0.1, 0.15) is 22.0 Å². The lowest BCUT2D eigenvalue weighted by molar-refractivity contribution is -0.120. The highest BCUT2D eigenvalue weighted by molar-refractivity contribution is 7.15. The topological polar surface area (TPSA) is 58.8 Å². The van der Waals surface area contributed by atoms with Gasteiger partial charge in [0.2, 0.25) is 5.91 Å². The van der Waals surface area contributed by atoms with Crippen LogP contribution in [-0.4, -0.2) is 21.5 Å². The fourth-order valence-electron chi connectivity index (χ4n) is 2.05. The first-order valence-corrected chi connectivity index (χ1v) is 8.18. The van der Waals surface area contributed by atoms with Crippen molar-refractivity contribution in [3.05, 3.63) is 44.9 Å².